The van der Waals surface area contributed by atoms with Crippen molar-refractivity contribution in [3.05, 3.63) is 23.8 Å². The number of hydrogen-bond acceptors (Lipinski definition) is 6. The van der Waals surface area contributed by atoms with E-state index in [1.165, 1.54) is 20.0 Å². The lowest BCUT2D eigenvalue weighted by Crippen LogP contribution is -2.36. The van der Waals surface area contributed by atoms with E-state index in [0.29, 0.717) is 18.0 Å². The second-order valence-corrected chi connectivity index (χ2v) is 9.06. The smallest absolute Gasteiger partial charge is 0.410 e. The van der Waals surface area contributed by atoms with Crippen molar-refractivity contribution in [1.82, 2.24) is 4.90 Å². The summed E-state index contributed by atoms with van der Waals surface area (Å²) in [5.74, 6) is 0.348. The molecule has 166 valence electrons. The molecular formula is C23H33NO6. The number of amides is 1. The predicted octanol–water partition coefficient (Wildman–Crippen LogP) is 4.14. The zero-order valence-corrected chi connectivity index (χ0v) is 18.6. The number of nitrogens with zero attached hydrogens (tertiary/aromatic N) is 1. The number of hydrogen-bond donors (Lipinski definition) is 0. The van der Waals surface area contributed by atoms with E-state index in [1.54, 1.807) is 12.0 Å². The zero-order valence-electron chi connectivity index (χ0n) is 18.6. The minimum atomic E-state index is -0.599. The molecule has 0 bridgehead atoms. The van der Waals surface area contributed by atoms with Crippen LogP contribution in [0, 0.1) is 5.92 Å². The first-order valence-corrected chi connectivity index (χ1v) is 10.6. The Kier molecular flexibility index (Phi) is 6.78. The van der Waals surface area contributed by atoms with Gasteiger partial charge in [-0.15, -0.1) is 0 Å². The van der Waals surface area contributed by atoms with Crippen LogP contribution < -0.4 is 9.47 Å². The van der Waals surface area contributed by atoms with Gasteiger partial charge in [0.2, 0.25) is 0 Å². The highest BCUT2D eigenvalue weighted by atomic mass is 16.6. The summed E-state index contributed by atoms with van der Waals surface area (Å²) in [4.78, 5) is 26.7. The summed E-state index contributed by atoms with van der Waals surface area (Å²) in [5, 5.41) is 0. The standard InChI is InChI=1S/C23H33NO6/c1-23(2,3)30-22(26)24-13-17(18(14-24)21(25)28-5)15-10-11-19(27-4)20(12-15)29-16-8-6-7-9-16/h10-12,16-18H,6-9,13-14H2,1-5H3/t17-,18-/m0/s1. The maximum atomic E-state index is 12.6. The third-order valence-corrected chi connectivity index (χ3v) is 5.69. The zero-order chi connectivity index (χ0) is 21.9. The Labute approximate surface area is 178 Å². The number of esters is 1. The van der Waals surface area contributed by atoms with Gasteiger partial charge < -0.3 is 23.8 Å². The maximum absolute atomic E-state index is 12.6. The van der Waals surface area contributed by atoms with E-state index in [2.05, 4.69) is 0 Å². The average Bonchev–Trinajstić information content (AvgIpc) is 3.36. The number of methoxy groups -OCH3 is 2. The summed E-state index contributed by atoms with van der Waals surface area (Å²) >= 11 is 0. The van der Waals surface area contributed by atoms with Crippen LogP contribution in [0.1, 0.15) is 57.9 Å². The van der Waals surface area contributed by atoms with E-state index in [1.807, 2.05) is 39.0 Å². The molecule has 3 rings (SSSR count). The Morgan fingerprint density at radius 3 is 2.33 bits per heavy atom. The van der Waals surface area contributed by atoms with E-state index >= 15 is 0 Å². The highest BCUT2D eigenvalue weighted by molar-refractivity contribution is 5.77. The van der Waals surface area contributed by atoms with E-state index in [-0.39, 0.29) is 24.5 Å². The second kappa shape index (κ2) is 9.14. The molecule has 1 heterocycles. The first-order chi connectivity index (χ1) is 14.2. The molecule has 0 spiro atoms. The fourth-order valence-electron chi connectivity index (χ4n) is 4.21. The van der Waals surface area contributed by atoms with E-state index in [9.17, 15) is 9.59 Å². The van der Waals surface area contributed by atoms with Gasteiger partial charge in [0, 0.05) is 19.0 Å². The molecule has 0 radical (unpaired) electrons. The van der Waals surface area contributed by atoms with Crippen molar-refractivity contribution in [1.29, 1.82) is 0 Å². The SMILES string of the molecule is COC(=O)[C@H]1CN(C(=O)OC(C)(C)C)C[C@H]1c1ccc(OC)c(OC2CCCC2)c1. The molecule has 0 aromatic heterocycles. The molecule has 1 aliphatic carbocycles. The molecule has 1 aliphatic heterocycles. The van der Waals surface area contributed by atoms with Gasteiger partial charge in [-0.25, -0.2) is 4.79 Å². The summed E-state index contributed by atoms with van der Waals surface area (Å²) in [7, 11) is 2.99. The molecule has 1 saturated heterocycles. The first-order valence-electron chi connectivity index (χ1n) is 10.6. The molecular weight excluding hydrogens is 386 g/mol. The normalized spacial score (nSPS) is 22.1. The van der Waals surface area contributed by atoms with Gasteiger partial charge in [0.05, 0.1) is 26.2 Å². The molecule has 7 heteroatoms. The fraction of sp³-hybridized carbons (Fsp3) is 0.652. The number of likely N-dealkylation sites (tertiary alicyclic amines) is 1. The van der Waals surface area contributed by atoms with Crippen molar-refractivity contribution in [3.8, 4) is 11.5 Å². The lowest BCUT2D eigenvalue weighted by molar-refractivity contribution is -0.145. The third-order valence-electron chi connectivity index (χ3n) is 5.69. The first kappa shape index (κ1) is 22.2. The minimum absolute atomic E-state index is 0.187. The van der Waals surface area contributed by atoms with Crippen molar-refractivity contribution in [2.24, 2.45) is 5.92 Å². The Hall–Kier alpha value is -2.44. The lowest BCUT2D eigenvalue weighted by atomic mass is 9.89. The van der Waals surface area contributed by atoms with Crippen LogP contribution in [0.2, 0.25) is 0 Å². The highest BCUT2D eigenvalue weighted by Crippen LogP contribution is 2.39. The molecule has 30 heavy (non-hydrogen) atoms. The number of rotatable bonds is 5. The molecule has 1 saturated carbocycles. The number of carbonyl (C=O) groups is 2. The highest BCUT2D eigenvalue weighted by Gasteiger charge is 2.42. The maximum Gasteiger partial charge on any atom is 0.410 e. The van der Waals surface area contributed by atoms with E-state index in [0.717, 1.165) is 18.4 Å². The second-order valence-electron chi connectivity index (χ2n) is 9.06. The number of carbonyl (C=O) groups excluding carboxylic acids is 2. The van der Waals surface area contributed by atoms with Crippen LogP contribution in [0.5, 0.6) is 11.5 Å². The van der Waals surface area contributed by atoms with Gasteiger partial charge in [-0.3, -0.25) is 4.79 Å². The molecule has 0 unspecified atom stereocenters. The third kappa shape index (κ3) is 5.18. The topological polar surface area (TPSA) is 74.3 Å². The number of ether oxygens (including phenoxy) is 4. The molecule has 1 aromatic carbocycles. The van der Waals surface area contributed by atoms with Gasteiger partial charge in [0.15, 0.2) is 11.5 Å². The molecule has 1 amide bonds. The van der Waals surface area contributed by atoms with Gasteiger partial charge in [0.1, 0.15) is 5.60 Å². The summed E-state index contributed by atoms with van der Waals surface area (Å²) in [5.41, 5.74) is 0.323. The van der Waals surface area contributed by atoms with Gasteiger partial charge in [0.25, 0.3) is 0 Å². The predicted molar refractivity (Wildman–Crippen MR) is 112 cm³/mol. The van der Waals surface area contributed by atoms with Crippen molar-refractivity contribution < 1.29 is 28.5 Å². The quantitative estimate of drug-likeness (QED) is 0.668. The monoisotopic (exact) mass is 419 g/mol. The number of benzene rings is 1. The van der Waals surface area contributed by atoms with Crippen molar-refractivity contribution in [2.45, 2.75) is 64.1 Å². The molecule has 2 atom stereocenters. The summed E-state index contributed by atoms with van der Waals surface area (Å²) in [6, 6.07) is 5.74. The fourth-order valence-corrected chi connectivity index (χ4v) is 4.21. The Bertz CT molecular complexity index is 765. The van der Waals surface area contributed by atoms with Crippen LogP contribution in [0.3, 0.4) is 0 Å². The van der Waals surface area contributed by atoms with Crippen LogP contribution in [0.25, 0.3) is 0 Å². The van der Waals surface area contributed by atoms with Gasteiger partial charge in [-0.1, -0.05) is 6.07 Å². The largest absolute Gasteiger partial charge is 0.493 e. The van der Waals surface area contributed by atoms with Gasteiger partial charge >= 0.3 is 12.1 Å². The lowest BCUT2D eigenvalue weighted by Gasteiger charge is -2.24. The van der Waals surface area contributed by atoms with Crippen LogP contribution >= 0.6 is 0 Å². The van der Waals surface area contributed by atoms with Crippen LogP contribution in [0.15, 0.2) is 18.2 Å². The van der Waals surface area contributed by atoms with Gasteiger partial charge in [-0.05, 0) is 64.2 Å². The average molecular weight is 420 g/mol. The van der Waals surface area contributed by atoms with Crippen molar-refractivity contribution in [3.63, 3.8) is 0 Å². The molecule has 7 nitrogen and oxygen atoms in total. The summed E-state index contributed by atoms with van der Waals surface area (Å²) in [6.45, 7) is 6.12. The summed E-state index contributed by atoms with van der Waals surface area (Å²) in [6.07, 6.45) is 4.18. The van der Waals surface area contributed by atoms with E-state index in [4.69, 9.17) is 18.9 Å². The van der Waals surface area contributed by atoms with Crippen LogP contribution in [-0.4, -0.2) is 56.0 Å². The van der Waals surface area contributed by atoms with Crippen molar-refractivity contribution >= 4 is 12.1 Å². The summed E-state index contributed by atoms with van der Waals surface area (Å²) < 4.78 is 22.2. The van der Waals surface area contributed by atoms with Crippen molar-refractivity contribution in [2.75, 3.05) is 27.3 Å². The molecule has 1 aromatic rings. The molecule has 2 aliphatic rings. The van der Waals surface area contributed by atoms with Crippen LogP contribution in [0.4, 0.5) is 4.79 Å². The Morgan fingerprint density at radius 2 is 1.73 bits per heavy atom. The minimum Gasteiger partial charge on any atom is -0.493 e. The molecule has 0 N–H and O–H groups in total. The Morgan fingerprint density at radius 1 is 1.03 bits per heavy atom. The van der Waals surface area contributed by atoms with Gasteiger partial charge in [-0.2, -0.15) is 0 Å². The Balaban J connectivity index is 1.85. The molecule has 2 fully saturated rings. The van der Waals surface area contributed by atoms with Crippen LogP contribution in [-0.2, 0) is 14.3 Å². The van der Waals surface area contributed by atoms with E-state index < -0.39 is 17.6 Å².